The minimum Gasteiger partial charge on any atom is -0.395 e. The molecule has 0 aromatic carbocycles. The van der Waals surface area contributed by atoms with E-state index >= 15 is 0 Å². The van der Waals surface area contributed by atoms with Gasteiger partial charge in [-0.25, -0.2) is 4.98 Å². The van der Waals surface area contributed by atoms with E-state index in [0.717, 1.165) is 22.9 Å². The van der Waals surface area contributed by atoms with Crippen LogP contribution in [0.25, 0.3) is 0 Å². The van der Waals surface area contributed by atoms with Crippen molar-refractivity contribution in [2.24, 2.45) is 0 Å². The van der Waals surface area contributed by atoms with E-state index in [2.05, 4.69) is 29.4 Å². The first-order valence-corrected chi connectivity index (χ1v) is 7.61. The van der Waals surface area contributed by atoms with Crippen molar-refractivity contribution < 1.29 is 5.11 Å². The molecule has 1 heterocycles. The Balaban J connectivity index is 1.75. The van der Waals surface area contributed by atoms with Gasteiger partial charge in [-0.3, -0.25) is 0 Å². The number of aryl methyl sites for hydroxylation is 2. The van der Waals surface area contributed by atoms with E-state index in [1.807, 2.05) is 6.92 Å². The molecule has 1 unspecified atom stereocenters. The summed E-state index contributed by atoms with van der Waals surface area (Å²) in [5.41, 5.74) is 2.34. The quantitative estimate of drug-likeness (QED) is 0.743. The largest absolute Gasteiger partial charge is 0.395 e. The van der Waals surface area contributed by atoms with E-state index in [-0.39, 0.29) is 12.6 Å². The fourth-order valence-corrected chi connectivity index (χ4v) is 3.08. The Morgan fingerprint density at radius 1 is 1.44 bits per heavy atom. The predicted molar refractivity (Wildman–Crippen MR) is 76.1 cm³/mol. The lowest BCUT2D eigenvalue weighted by Gasteiger charge is -2.15. The second-order valence-corrected chi connectivity index (χ2v) is 6.20. The lowest BCUT2D eigenvalue weighted by molar-refractivity contribution is 0.239. The minimum absolute atomic E-state index is 0.233. The van der Waals surface area contributed by atoms with Gasteiger partial charge >= 0.3 is 0 Å². The van der Waals surface area contributed by atoms with Crippen molar-refractivity contribution in [3.8, 4) is 0 Å². The van der Waals surface area contributed by atoms with Gasteiger partial charge in [0, 0.05) is 23.5 Å². The van der Waals surface area contributed by atoms with Gasteiger partial charge in [-0.05, 0) is 50.8 Å². The van der Waals surface area contributed by atoms with E-state index < -0.39 is 0 Å². The van der Waals surface area contributed by atoms with Crippen molar-refractivity contribution in [2.45, 2.75) is 50.2 Å². The maximum absolute atomic E-state index is 9.30. The summed E-state index contributed by atoms with van der Waals surface area (Å²) < 4.78 is 0. The number of rotatable bonds is 7. The van der Waals surface area contributed by atoms with Gasteiger partial charge in [-0.15, -0.1) is 11.8 Å². The van der Waals surface area contributed by atoms with Crippen LogP contribution >= 0.6 is 11.8 Å². The SMILES string of the molecule is Cc1cc(C)nc(SCCC(CO)NC2CC2)c1. The molecule has 2 N–H and O–H groups in total. The summed E-state index contributed by atoms with van der Waals surface area (Å²) in [4.78, 5) is 4.51. The lowest BCUT2D eigenvalue weighted by Crippen LogP contribution is -2.34. The predicted octanol–water partition coefficient (Wildman–Crippen LogP) is 2.29. The average molecular weight is 266 g/mol. The van der Waals surface area contributed by atoms with E-state index in [4.69, 9.17) is 0 Å². The highest BCUT2D eigenvalue weighted by atomic mass is 32.2. The molecule has 1 aliphatic rings. The Labute approximate surface area is 113 Å². The Morgan fingerprint density at radius 3 is 2.83 bits per heavy atom. The van der Waals surface area contributed by atoms with Crippen molar-refractivity contribution in [3.63, 3.8) is 0 Å². The summed E-state index contributed by atoms with van der Waals surface area (Å²) in [5.74, 6) is 1.00. The standard InChI is InChI=1S/C14H22N2OS/c1-10-7-11(2)15-14(8-10)18-6-5-13(9-17)16-12-3-4-12/h7-8,12-13,16-17H,3-6,9H2,1-2H3. The molecule has 0 bridgehead atoms. The minimum atomic E-state index is 0.233. The molecule has 3 nitrogen and oxygen atoms in total. The lowest BCUT2D eigenvalue weighted by atomic mass is 10.2. The number of thioether (sulfide) groups is 1. The molecule has 0 spiro atoms. The van der Waals surface area contributed by atoms with Gasteiger partial charge < -0.3 is 10.4 Å². The van der Waals surface area contributed by atoms with Crippen LogP contribution in [0.1, 0.15) is 30.5 Å². The third-order valence-corrected chi connectivity index (χ3v) is 4.00. The maximum atomic E-state index is 9.30. The fourth-order valence-electron chi connectivity index (χ4n) is 1.99. The summed E-state index contributed by atoms with van der Waals surface area (Å²) in [6, 6.07) is 5.12. The molecule has 0 aliphatic heterocycles. The molecule has 1 aromatic heterocycles. The number of nitrogens with zero attached hydrogens (tertiary/aromatic N) is 1. The Hall–Kier alpha value is -0.580. The van der Waals surface area contributed by atoms with E-state index in [1.165, 1.54) is 18.4 Å². The van der Waals surface area contributed by atoms with Crippen molar-refractivity contribution in [1.82, 2.24) is 10.3 Å². The molecular formula is C14H22N2OS. The number of aliphatic hydroxyl groups excluding tert-OH is 1. The molecule has 0 radical (unpaired) electrons. The number of pyridine rings is 1. The van der Waals surface area contributed by atoms with Crippen LogP contribution in [0.4, 0.5) is 0 Å². The van der Waals surface area contributed by atoms with Gasteiger partial charge in [0.2, 0.25) is 0 Å². The van der Waals surface area contributed by atoms with Crippen LogP contribution in [0.15, 0.2) is 17.2 Å². The normalized spacial score (nSPS) is 16.8. The Morgan fingerprint density at radius 2 is 2.22 bits per heavy atom. The highest BCUT2D eigenvalue weighted by molar-refractivity contribution is 7.99. The van der Waals surface area contributed by atoms with Crippen LogP contribution in [-0.4, -0.2) is 34.5 Å². The summed E-state index contributed by atoms with van der Waals surface area (Å²) in [7, 11) is 0. The Kier molecular flexibility index (Phi) is 5.03. The summed E-state index contributed by atoms with van der Waals surface area (Å²) in [6.07, 6.45) is 3.52. The van der Waals surface area contributed by atoms with Crippen molar-refractivity contribution >= 4 is 11.8 Å². The zero-order valence-electron chi connectivity index (χ0n) is 11.1. The Bertz CT molecular complexity index is 373. The topological polar surface area (TPSA) is 45.2 Å². The molecule has 2 rings (SSSR count). The zero-order valence-corrected chi connectivity index (χ0v) is 12.0. The molecule has 4 heteroatoms. The molecule has 0 saturated heterocycles. The van der Waals surface area contributed by atoms with E-state index in [0.29, 0.717) is 6.04 Å². The van der Waals surface area contributed by atoms with Gasteiger partial charge in [-0.2, -0.15) is 0 Å². The van der Waals surface area contributed by atoms with Crippen molar-refractivity contribution in [1.29, 1.82) is 0 Å². The molecule has 1 saturated carbocycles. The van der Waals surface area contributed by atoms with Crippen LogP contribution in [0, 0.1) is 13.8 Å². The van der Waals surface area contributed by atoms with Gasteiger partial charge in [0.1, 0.15) is 0 Å². The molecular weight excluding hydrogens is 244 g/mol. The molecule has 1 aliphatic carbocycles. The van der Waals surface area contributed by atoms with Crippen molar-refractivity contribution in [2.75, 3.05) is 12.4 Å². The zero-order chi connectivity index (χ0) is 13.0. The molecule has 1 aromatic rings. The average Bonchev–Trinajstić information content (AvgIpc) is 3.10. The van der Waals surface area contributed by atoms with Crippen LogP contribution in [0.3, 0.4) is 0 Å². The molecule has 100 valence electrons. The highest BCUT2D eigenvalue weighted by Crippen LogP contribution is 2.22. The third-order valence-electron chi connectivity index (χ3n) is 3.06. The van der Waals surface area contributed by atoms with Crippen LogP contribution in [-0.2, 0) is 0 Å². The van der Waals surface area contributed by atoms with Crippen molar-refractivity contribution in [3.05, 3.63) is 23.4 Å². The number of aliphatic hydroxyl groups is 1. The van der Waals surface area contributed by atoms with Gasteiger partial charge in [0.05, 0.1) is 11.6 Å². The van der Waals surface area contributed by atoms with Crippen LogP contribution in [0.5, 0.6) is 0 Å². The molecule has 0 amide bonds. The highest BCUT2D eigenvalue weighted by Gasteiger charge is 2.23. The van der Waals surface area contributed by atoms with E-state index in [1.54, 1.807) is 11.8 Å². The molecule has 18 heavy (non-hydrogen) atoms. The maximum Gasteiger partial charge on any atom is 0.0965 e. The first-order valence-electron chi connectivity index (χ1n) is 6.62. The van der Waals surface area contributed by atoms with Gasteiger partial charge in [-0.1, -0.05) is 0 Å². The van der Waals surface area contributed by atoms with Gasteiger partial charge in [0.15, 0.2) is 0 Å². The number of aromatic nitrogens is 1. The number of nitrogens with one attached hydrogen (secondary N) is 1. The number of hydrogen-bond donors (Lipinski definition) is 2. The van der Waals surface area contributed by atoms with E-state index in [9.17, 15) is 5.11 Å². The molecule has 1 atom stereocenters. The summed E-state index contributed by atoms with van der Waals surface area (Å²) >= 11 is 1.78. The van der Waals surface area contributed by atoms with Gasteiger partial charge in [0.25, 0.3) is 0 Å². The van der Waals surface area contributed by atoms with Crippen LogP contribution < -0.4 is 5.32 Å². The second kappa shape index (κ2) is 6.55. The first kappa shape index (κ1) is 13.8. The smallest absolute Gasteiger partial charge is 0.0965 e. The fraction of sp³-hybridized carbons (Fsp3) is 0.643. The van der Waals surface area contributed by atoms with Crippen LogP contribution in [0.2, 0.25) is 0 Å². The first-order chi connectivity index (χ1) is 8.67. The monoisotopic (exact) mass is 266 g/mol. The summed E-state index contributed by atoms with van der Waals surface area (Å²) in [6.45, 7) is 4.36. The summed E-state index contributed by atoms with van der Waals surface area (Å²) in [5, 5.41) is 13.9. The number of hydrogen-bond acceptors (Lipinski definition) is 4. The molecule has 1 fully saturated rings. The third kappa shape index (κ3) is 4.59. The second-order valence-electron chi connectivity index (χ2n) is 5.08.